The van der Waals surface area contributed by atoms with Gasteiger partial charge in [-0.3, -0.25) is 47.9 Å². The molecular formula is C61H96N14O10. The normalized spacial score (nSPS) is 26.0. The van der Waals surface area contributed by atoms with E-state index in [1.807, 2.05) is 34.6 Å². The van der Waals surface area contributed by atoms with Crippen molar-refractivity contribution in [3.63, 3.8) is 0 Å². The van der Waals surface area contributed by atoms with Gasteiger partial charge in [0.1, 0.15) is 60.4 Å². The average molecular weight is 1190 g/mol. The summed E-state index contributed by atoms with van der Waals surface area (Å²) in [5, 5.41) is 22.8. The van der Waals surface area contributed by atoms with Crippen molar-refractivity contribution in [2.24, 2.45) is 34.3 Å². The van der Waals surface area contributed by atoms with E-state index in [9.17, 15) is 47.9 Å². The number of amides is 10. The maximum atomic E-state index is 15.0. The number of hydrogen-bond donors (Lipinski definition) is 12. The minimum absolute atomic E-state index is 0.00302. The van der Waals surface area contributed by atoms with Crippen molar-refractivity contribution in [2.45, 2.75) is 198 Å². The molecule has 2 aromatic carbocycles. The smallest absolute Gasteiger partial charge is 0.246 e. The van der Waals surface area contributed by atoms with Gasteiger partial charge in [0.2, 0.25) is 59.1 Å². The largest absolute Gasteiger partial charge is 0.343 e. The summed E-state index contributed by atoms with van der Waals surface area (Å²) in [5.74, 6) is -6.84. The van der Waals surface area contributed by atoms with Crippen molar-refractivity contribution in [2.75, 3.05) is 39.3 Å². The zero-order valence-corrected chi connectivity index (χ0v) is 50.5. The second kappa shape index (κ2) is 34.2. The molecule has 0 radical (unpaired) electrons. The van der Waals surface area contributed by atoms with Crippen molar-refractivity contribution in [1.29, 1.82) is 0 Å². The van der Waals surface area contributed by atoms with Crippen molar-refractivity contribution in [1.82, 2.24) is 52.3 Å². The highest BCUT2D eigenvalue weighted by Crippen LogP contribution is 2.25. The van der Waals surface area contributed by atoms with Crippen LogP contribution < -0.4 is 65.5 Å². The molecule has 0 bridgehead atoms. The molecule has 0 saturated carbocycles. The first-order valence-corrected chi connectivity index (χ1v) is 30.5. The van der Waals surface area contributed by atoms with Crippen molar-refractivity contribution in [3.8, 4) is 0 Å². The van der Waals surface area contributed by atoms with Crippen molar-refractivity contribution >= 4 is 59.1 Å². The second-order valence-corrected chi connectivity index (χ2v) is 24.4. The third-order valence-electron chi connectivity index (χ3n) is 15.6. The Morgan fingerprint density at radius 3 is 1.05 bits per heavy atom. The predicted molar refractivity (Wildman–Crippen MR) is 322 cm³/mol. The van der Waals surface area contributed by atoms with Gasteiger partial charge in [-0.15, -0.1) is 0 Å². The molecule has 3 aliphatic heterocycles. The number of carbonyl (C=O) groups excluding carboxylic acids is 10. The fourth-order valence-electron chi connectivity index (χ4n) is 11.2. The third kappa shape index (κ3) is 21.5. The topological polar surface area (TPSA) is 377 Å². The minimum Gasteiger partial charge on any atom is -0.343 e. The van der Waals surface area contributed by atoms with Crippen LogP contribution in [0.2, 0.25) is 0 Å². The molecule has 10 atom stereocenters. The Kier molecular flexibility index (Phi) is 27.7. The fourth-order valence-corrected chi connectivity index (χ4v) is 11.2. The molecular weight excluding hydrogens is 1090 g/mol. The van der Waals surface area contributed by atoms with E-state index in [4.69, 9.17) is 22.9 Å². The van der Waals surface area contributed by atoms with Gasteiger partial charge in [-0.05, 0) is 139 Å². The van der Waals surface area contributed by atoms with Crippen LogP contribution in [-0.2, 0) is 60.8 Å². The van der Waals surface area contributed by atoms with Gasteiger partial charge >= 0.3 is 0 Å². The quantitative estimate of drug-likeness (QED) is 0.0866. The van der Waals surface area contributed by atoms with Gasteiger partial charge in [0, 0.05) is 25.9 Å². The van der Waals surface area contributed by atoms with E-state index in [1.54, 1.807) is 60.7 Å². The van der Waals surface area contributed by atoms with Gasteiger partial charge < -0.3 is 75.3 Å². The molecule has 5 rings (SSSR count). The number of hydrogen-bond acceptors (Lipinski definition) is 14. The van der Waals surface area contributed by atoms with Gasteiger partial charge in [0.25, 0.3) is 0 Å². The lowest BCUT2D eigenvalue weighted by atomic mass is 9.87. The average Bonchev–Trinajstić information content (AvgIpc) is 3.83. The summed E-state index contributed by atoms with van der Waals surface area (Å²) in [6.45, 7) is 10.2. The fraction of sp³-hybridized carbons (Fsp3) is 0.639. The molecule has 470 valence electrons. The Morgan fingerprint density at radius 2 is 0.718 bits per heavy atom. The molecule has 24 heteroatoms. The highest BCUT2D eigenvalue weighted by molar-refractivity contribution is 6.00. The van der Waals surface area contributed by atoms with Crippen LogP contribution >= 0.6 is 0 Å². The maximum Gasteiger partial charge on any atom is 0.246 e. The minimum atomic E-state index is -1.26. The molecule has 3 fully saturated rings. The van der Waals surface area contributed by atoms with Crippen molar-refractivity contribution < 1.29 is 47.9 Å². The Labute approximate surface area is 500 Å². The number of carbonyl (C=O) groups is 10. The SMILES string of the molecule is CC(C)C[C@@H]1NC(=O)[C@H](CCCN)NC(=O)[C@@H]2CCCN2C(=O)[C@@H](Cc2ccccc2)NC(=O)[C@H](CCCN)NC(=O)[C@H](CC(C)(C)C)NC(=O)[C@H](CCCN)NC(=O)[C@@H]2CCCN2C(=O)[C@@H](Cc2ccccc2)NC(=O)[C@H](CCCN)NC1=O. The van der Waals surface area contributed by atoms with Crippen LogP contribution in [0.3, 0.4) is 0 Å². The number of nitrogens with one attached hydrogen (secondary N) is 8. The number of benzene rings is 2. The molecule has 85 heavy (non-hydrogen) atoms. The number of nitrogens with zero attached hydrogens (tertiary/aromatic N) is 2. The predicted octanol–water partition coefficient (Wildman–Crippen LogP) is -0.216. The molecule has 0 unspecified atom stereocenters. The summed E-state index contributed by atoms with van der Waals surface area (Å²) < 4.78 is 0. The zero-order chi connectivity index (χ0) is 62.2. The Hall–Kier alpha value is -7.02. The zero-order valence-electron chi connectivity index (χ0n) is 50.5. The highest BCUT2D eigenvalue weighted by Gasteiger charge is 2.43. The van der Waals surface area contributed by atoms with Gasteiger partial charge in [0.05, 0.1) is 0 Å². The molecule has 2 aromatic rings. The summed E-state index contributed by atoms with van der Waals surface area (Å²) in [7, 11) is 0. The highest BCUT2D eigenvalue weighted by atomic mass is 16.2. The van der Waals surface area contributed by atoms with E-state index < -0.39 is 125 Å². The molecule has 16 N–H and O–H groups in total. The maximum absolute atomic E-state index is 15.0. The Bertz CT molecular complexity index is 2550. The van der Waals surface area contributed by atoms with Crippen LogP contribution in [0.15, 0.2) is 60.7 Å². The van der Waals surface area contributed by atoms with Crippen LogP contribution in [0.5, 0.6) is 0 Å². The Balaban J connectivity index is 1.60. The van der Waals surface area contributed by atoms with E-state index >= 15 is 0 Å². The molecule has 3 aliphatic rings. The van der Waals surface area contributed by atoms with E-state index in [1.165, 1.54) is 9.80 Å². The number of nitrogens with two attached hydrogens (primary N) is 4. The molecule has 10 amide bonds. The van der Waals surface area contributed by atoms with Crippen LogP contribution in [0.25, 0.3) is 0 Å². The summed E-state index contributed by atoms with van der Waals surface area (Å²) in [4.78, 5) is 149. The van der Waals surface area contributed by atoms with Gasteiger partial charge in [0.15, 0.2) is 0 Å². The lowest BCUT2D eigenvalue weighted by Gasteiger charge is -2.32. The second-order valence-electron chi connectivity index (χ2n) is 24.4. The van der Waals surface area contributed by atoms with E-state index in [-0.39, 0.29) is 122 Å². The Morgan fingerprint density at radius 1 is 0.424 bits per heavy atom. The molecule has 0 aliphatic carbocycles. The van der Waals surface area contributed by atoms with Crippen LogP contribution in [0.4, 0.5) is 0 Å². The molecule has 24 nitrogen and oxygen atoms in total. The summed E-state index contributed by atoms with van der Waals surface area (Å²) in [5.41, 5.74) is 24.6. The number of rotatable bonds is 19. The van der Waals surface area contributed by atoms with Crippen LogP contribution in [-0.4, -0.2) is 169 Å². The van der Waals surface area contributed by atoms with Gasteiger partial charge in [-0.1, -0.05) is 95.3 Å². The first-order valence-electron chi connectivity index (χ1n) is 30.5. The first kappa shape index (κ1) is 68.8. The molecule has 3 saturated heterocycles. The molecule has 0 aromatic heterocycles. The van der Waals surface area contributed by atoms with E-state index in [2.05, 4.69) is 42.5 Å². The monoisotopic (exact) mass is 1180 g/mol. The van der Waals surface area contributed by atoms with Crippen molar-refractivity contribution in [3.05, 3.63) is 71.8 Å². The third-order valence-corrected chi connectivity index (χ3v) is 15.6. The lowest BCUT2D eigenvalue weighted by molar-refractivity contribution is -0.143. The number of fused-ring (bicyclic) bond motifs is 2. The van der Waals surface area contributed by atoms with Crippen LogP contribution in [0, 0.1) is 11.3 Å². The van der Waals surface area contributed by atoms with Gasteiger partial charge in [-0.25, -0.2) is 0 Å². The summed E-state index contributed by atoms with van der Waals surface area (Å²) >= 11 is 0. The lowest BCUT2D eigenvalue weighted by Crippen LogP contribution is -2.61. The first-order chi connectivity index (χ1) is 40.6. The summed E-state index contributed by atoms with van der Waals surface area (Å²) in [6.07, 6.45) is 2.89. The molecule has 0 spiro atoms. The van der Waals surface area contributed by atoms with Crippen LogP contribution in [0.1, 0.15) is 136 Å². The van der Waals surface area contributed by atoms with E-state index in [0.717, 1.165) is 0 Å². The van der Waals surface area contributed by atoms with Gasteiger partial charge in [-0.2, -0.15) is 0 Å². The van der Waals surface area contributed by atoms with E-state index in [0.29, 0.717) is 36.8 Å². The standard InChI is InChI=1S/C61H96N14O10/c1-38(2)34-45-55(80)66-41(22-12-28-62)52(77)71-46(35-39-18-8-6-9-19-39)59(84)75-33-17-27-50(75)58(83)69-44(25-15-31-65)54(79)73-48(37-61(3,4)5)56(81)67-42(23-13-29-63)53(78)72-47(36-40-20-10-7-11-21-40)60(85)74-32-16-26-49(74)57(82)68-43(24-14-30-64)51(76)70-45/h6-11,18-21,38,41-50H,12-17,22-37,62-65H2,1-5H3,(H,66,80)(H,67,81)(H,68,82)(H,69,83)(H,70,76)(H,71,77)(H,72,78)(H,73,79)/t41-,42-,43-,44-,45-,46+,47+,48-,49-,50-/m0/s1. The summed E-state index contributed by atoms with van der Waals surface area (Å²) in [6, 6.07) is 5.87. The molecule has 3 heterocycles.